The molecule has 0 radical (unpaired) electrons. The molecule has 1 heterocycles. The number of benzene rings is 1. The van der Waals surface area contributed by atoms with E-state index < -0.39 is 0 Å². The summed E-state index contributed by atoms with van der Waals surface area (Å²) in [5.74, 6) is 7.41. The Kier molecular flexibility index (Phi) is 4.84. The van der Waals surface area contributed by atoms with Crippen molar-refractivity contribution in [3.8, 4) is 11.8 Å². The number of rotatable bonds is 2. The van der Waals surface area contributed by atoms with E-state index in [4.69, 9.17) is 0 Å². The van der Waals surface area contributed by atoms with E-state index in [0.717, 1.165) is 5.56 Å². The summed E-state index contributed by atoms with van der Waals surface area (Å²) in [5.41, 5.74) is 1.13. The quantitative estimate of drug-likeness (QED) is 0.716. The monoisotopic (exact) mass is 241 g/mol. The predicted octanol–water partition coefficient (Wildman–Crippen LogP) is 3.55. The van der Waals surface area contributed by atoms with Crippen LogP contribution in [0.4, 0.5) is 0 Å². The highest BCUT2D eigenvalue weighted by Crippen LogP contribution is 2.17. The van der Waals surface area contributed by atoms with Crippen LogP contribution in [0.2, 0.25) is 0 Å². The van der Waals surface area contributed by atoms with Gasteiger partial charge in [0.1, 0.15) is 0 Å². The van der Waals surface area contributed by atoms with Gasteiger partial charge in [-0.15, -0.1) is 0 Å². The van der Waals surface area contributed by atoms with Crippen LogP contribution in [0.3, 0.4) is 0 Å². The van der Waals surface area contributed by atoms with Crippen LogP contribution in [0.5, 0.6) is 0 Å². The molecule has 1 nitrogen and oxygen atoms in total. The fourth-order valence-electron chi connectivity index (χ4n) is 2.55. The summed E-state index contributed by atoms with van der Waals surface area (Å²) in [6, 6.07) is 10.7. The van der Waals surface area contributed by atoms with Gasteiger partial charge in [-0.25, -0.2) is 0 Å². The van der Waals surface area contributed by atoms with Crippen molar-refractivity contribution in [2.75, 3.05) is 13.1 Å². The van der Waals surface area contributed by atoms with Crippen LogP contribution >= 0.6 is 0 Å². The molecule has 1 saturated heterocycles. The van der Waals surface area contributed by atoms with Crippen molar-refractivity contribution in [1.29, 1.82) is 0 Å². The highest BCUT2D eigenvalue weighted by Gasteiger charge is 2.21. The molecule has 96 valence electrons. The Morgan fingerprint density at radius 3 is 2.28 bits per heavy atom. The lowest BCUT2D eigenvalue weighted by molar-refractivity contribution is 0.165. The zero-order valence-corrected chi connectivity index (χ0v) is 11.5. The Labute approximate surface area is 111 Å². The predicted molar refractivity (Wildman–Crippen MR) is 77.4 cm³/mol. The average molecular weight is 241 g/mol. The second-order valence-electron chi connectivity index (χ2n) is 5.42. The van der Waals surface area contributed by atoms with E-state index in [2.05, 4.69) is 54.9 Å². The Morgan fingerprint density at radius 2 is 1.67 bits per heavy atom. The smallest absolute Gasteiger partial charge is 0.0741 e. The molecule has 0 bridgehead atoms. The van der Waals surface area contributed by atoms with E-state index >= 15 is 0 Å². The van der Waals surface area contributed by atoms with Gasteiger partial charge in [-0.1, -0.05) is 50.3 Å². The molecule has 1 aliphatic rings. The Hall–Kier alpha value is -1.26. The first-order valence-electron chi connectivity index (χ1n) is 7.08. The molecule has 1 aliphatic heterocycles. The molecule has 1 aromatic rings. The van der Waals surface area contributed by atoms with Gasteiger partial charge in [0.2, 0.25) is 0 Å². The molecule has 0 saturated carbocycles. The molecule has 1 unspecified atom stereocenters. The van der Waals surface area contributed by atoms with Crippen LogP contribution in [-0.2, 0) is 0 Å². The molecule has 0 spiro atoms. The number of hydrogen-bond donors (Lipinski definition) is 0. The van der Waals surface area contributed by atoms with Crippen molar-refractivity contribution in [1.82, 2.24) is 4.90 Å². The maximum Gasteiger partial charge on any atom is 0.0741 e. The largest absolute Gasteiger partial charge is 0.290 e. The average Bonchev–Trinajstić information content (AvgIpc) is 2.41. The molecule has 0 aromatic heterocycles. The highest BCUT2D eigenvalue weighted by atomic mass is 15.2. The maximum absolute atomic E-state index is 3.48. The van der Waals surface area contributed by atoms with Gasteiger partial charge < -0.3 is 0 Å². The molecule has 1 atom stereocenters. The fraction of sp³-hybridized carbons (Fsp3) is 0.529. The minimum absolute atomic E-state index is 0.408. The summed E-state index contributed by atoms with van der Waals surface area (Å²) in [7, 11) is 0. The van der Waals surface area contributed by atoms with Crippen LogP contribution in [0, 0.1) is 17.8 Å². The fourth-order valence-corrected chi connectivity index (χ4v) is 2.55. The van der Waals surface area contributed by atoms with Crippen LogP contribution in [0.1, 0.15) is 38.7 Å². The molecule has 0 N–H and O–H groups in total. The zero-order valence-electron chi connectivity index (χ0n) is 11.5. The molecule has 1 heteroatoms. The van der Waals surface area contributed by atoms with E-state index in [9.17, 15) is 0 Å². The van der Waals surface area contributed by atoms with Gasteiger partial charge in [-0.2, -0.15) is 0 Å². The molecule has 1 fully saturated rings. The van der Waals surface area contributed by atoms with Crippen molar-refractivity contribution in [2.24, 2.45) is 5.92 Å². The first-order chi connectivity index (χ1) is 8.77. The summed E-state index contributed by atoms with van der Waals surface area (Å²) in [5, 5.41) is 0. The number of piperidine rings is 1. The summed E-state index contributed by atoms with van der Waals surface area (Å²) in [6.07, 6.45) is 4.04. The first kappa shape index (κ1) is 13.2. The molecular weight excluding hydrogens is 218 g/mol. The van der Waals surface area contributed by atoms with E-state index in [0.29, 0.717) is 12.0 Å². The van der Waals surface area contributed by atoms with Gasteiger partial charge >= 0.3 is 0 Å². The molecule has 2 rings (SSSR count). The molecular formula is C17H23N. The molecule has 1 aromatic carbocycles. The molecule has 0 aliphatic carbocycles. The van der Waals surface area contributed by atoms with Gasteiger partial charge in [0.25, 0.3) is 0 Å². The van der Waals surface area contributed by atoms with Gasteiger partial charge in [-0.05, 0) is 44.0 Å². The standard InChI is InChI=1S/C17H23N/c1-15(2)17(18-13-7-4-8-14-18)12-11-16-9-5-3-6-10-16/h3,5-6,9-10,15,17H,4,7-8,13-14H2,1-2H3. The SMILES string of the molecule is CC(C)C(C#Cc1ccccc1)N1CCCCC1. The third kappa shape index (κ3) is 3.62. The van der Waals surface area contributed by atoms with Gasteiger partial charge in [0.05, 0.1) is 6.04 Å². The number of hydrogen-bond acceptors (Lipinski definition) is 1. The lowest BCUT2D eigenvalue weighted by Crippen LogP contribution is -2.41. The number of nitrogens with zero attached hydrogens (tertiary/aromatic N) is 1. The van der Waals surface area contributed by atoms with E-state index in [1.165, 1.54) is 32.4 Å². The third-order valence-corrected chi connectivity index (χ3v) is 3.55. The lowest BCUT2D eigenvalue weighted by Gasteiger charge is -2.33. The molecule has 18 heavy (non-hydrogen) atoms. The third-order valence-electron chi connectivity index (χ3n) is 3.55. The van der Waals surface area contributed by atoms with Crippen LogP contribution in [0.15, 0.2) is 30.3 Å². The van der Waals surface area contributed by atoms with Crippen molar-refractivity contribution >= 4 is 0 Å². The van der Waals surface area contributed by atoms with Gasteiger partial charge in [0, 0.05) is 5.56 Å². The van der Waals surface area contributed by atoms with E-state index in [1.54, 1.807) is 0 Å². The van der Waals surface area contributed by atoms with Crippen molar-refractivity contribution in [3.63, 3.8) is 0 Å². The van der Waals surface area contributed by atoms with Crippen LogP contribution < -0.4 is 0 Å². The second kappa shape index (κ2) is 6.61. The lowest BCUT2D eigenvalue weighted by atomic mass is 9.99. The first-order valence-corrected chi connectivity index (χ1v) is 7.08. The molecule has 0 amide bonds. The minimum atomic E-state index is 0.408. The second-order valence-corrected chi connectivity index (χ2v) is 5.42. The van der Waals surface area contributed by atoms with Gasteiger partial charge in [0.15, 0.2) is 0 Å². The topological polar surface area (TPSA) is 3.24 Å². The number of likely N-dealkylation sites (tertiary alicyclic amines) is 1. The zero-order chi connectivity index (χ0) is 12.8. The Bertz CT molecular complexity index is 404. The van der Waals surface area contributed by atoms with Crippen molar-refractivity contribution in [2.45, 2.75) is 39.2 Å². The maximum atomic E-state index is 3.48. The minimum Gasteiger partial charge on any atom is -0.290 e. The van der Waals surface area contributed by atoms with E-state index in [1.807, 2.05) is 6.07 Å². The normalized spacial score (nSPS) is 18.2. The Balaban J connectivity index is 2.09. The summed E-state index contributed by atoms with van der Waals surface area (Å²) >= 11 is 0. The van der Waals surface area contributed by atoms with Crippen molar-refractivity contribution < 1.29 is 0 Å². The van der Waals surface area contributed by atoms with Gasteiger partial charge in [-0.3, -0.25) is 4.90 Å². The summed E-state index contributed by atoms with van der Waals surface area (Å²) < 4.78 is 0. The van der Waals surface area contributed by atoms with E-state index in [-0.39, 0.29) is 0 Å². The van der Waals surface area contributed by atoms with Crippen LogP contribution in [-0.4, -0.2) is 24.0 Å². The van der Waals surface area contributed by atoms with Crippen molar-refractivity contribution in [3.05, 3.63) is 35.9 Å². The summed E-state index contributed by atoms with van der Waals surface area (Å²) in [4.78, 5) is 2.56. The highest BCUT2D eigenvalue weighted by molar-refractivity contribution is 5.35. The van der Waals surface area contributed by atoms with Crippen LogP contribution in [0.25, 0.3) is 0 Å². The summed E-state index contributed by atoms with van der Waals surface area (Å²) in [6.45, 7) is 6.98. The Morgan fingerprint density at radius 1 is 1.00 bits per heavy atom.